The predicted molar refractivity (Wildman–Crippen MR) is 91.4 cm³/mol. The molecule has 5 heteroatoms. The molecule has 0 spiro atoms. The zero-order valence-corrected chi connectivity index (χ0v) is 13.8. The van der Waals surface area contributed by atoms with Crippen molar-refractivity contribution >= 4 is 17.3 Å². The van der Waals surface area contributed by atoms with Gasteiger partial charge in [0.1, 0.15) is 5.82 Å². The molecule has 4 rings (SSSR count). The minimum atomic E-state index is 0.703. The molecule has 0 saturated carbocycles. The average molecular weight is 307 g/mol. The summed E-state index contributed by atoms with van der Waals surface area (Å²) in [5.74, 6) is 2.57. The number of anilines is 2. The number of rotatable bonds is 3. The molecule has 0 saturated heterocycles. The molecule has 1 aromatic carbocycles. The second kappa shape index (κ2) is 5.33. The van der Waals surface area contributed by atoms with Crippen LogP contribution in [0.3, 0.4) is 0 Å². The Morgan fingerprint density at radius 2 is 1.87 bits per heavy atom. The third-order valence-corrected chi connectivity index (χ3v) is 4.36. The van der Waals surface area contributed by atoms with Crippen LogP contribution in [-0.2, 0) is 19.3 Å². The number of hydrogen-bond donors (Lipinski definition) is 1. The fraction of sp³-hybridized carbons (Fsp3) is 0.389. The molecule has 0 fully saturated rings. The Morgan fingerprint density at radius 3 is 2.61 bits per heavy atom. The van der Waals surface area contributed by atoms with E-state index in [1.807, 2.05) is 4.52 Å². The van der Waals surface area contributed by atoms with Gasteiger partial charge in [0.25, 0.3) is 5.78 Å². The number of fused-ring (bicyclic) bond motifs is 2. The summed E-state index contributed by atoms with van der Waals surface area (Å²) in [4.78, 5) is 9.26. The van der Waals surface area contributed by atoms with Crippen molar-refractivity contribution in [3.05, 3.63) is 46.4 Å². The fourth-order valence-corrected chi connectivity index (χ4v) is 3.38. The molecule has 2 heterocycles. The van der Waals surface area contributed by atoms with Crippen LogP contribution in [0.25, 0.3) is 5.78 Å². The molecule has 0 unspecified atom stereocenters. The van der Waals surface area contributed by atoms with Crippen molar-refractivity contribution in [2.24, 2.45) is 0 Å². The van der Waals surface area contributed by atoms with Crippen molar-refractivity contribution in [3.8, 4) is 0 Å². The third-order valence-electron chi connectivity index (χ3n) is 4.36. The van der Waals surface area contributed by atoms with Gasteiger partial charge in [-0.1, -0.05) is 13.0 Å². The molecule has 23 heavy (non-hydrogen) atoms. The second-order valence-electron chi connectivity index (χ2n) is 6.33. The first-order valence-electron chi connectivity index (χ1n) is 8.27. The first-order valence-corrected chi connectivity index (χ1v) is 8.27. The average Bonchev–Trinajstić information content (AvgIpc) is 3.11. The Balaban J connectivity index is 1.88. The molecule has 1 aliphatic carbocycles. The van der Waals surface area contributed by atoms with Crippen molar-refractivity contribution < 1.29 is 0 Å². The van der Waals surface area contributed by atoms with Gasteiger partial charge in [-0.2, -0.15) is 9.50 Å². The molecule has 5 nitrogen and oxygen atoms in total. The molecule has 2 aromatic heterocycles. The van der Waals surface area contributed by atoms with Crippen LogP contribution in [0, 0.1) is 13.8 Å². The minimum absolute atomic E-state index is 0.703. The SMILES string of the molecule is CCc1nc2nc3c(c(Nc4cc(C)cc(C)c4)n2n1)CCC3. The minimum Gasteiger partial charge on any atom is -0.340 e. The van der Waals surface area contributed by atoms with E-state index in [0.29, 0.717) is 5.78 Å². The largest absolute Gasteiger partial charge is 0.340 e. The van der Waals surface area contributed by atoms with E-state index in [2.05, 4.69) is 54.4 Å². The van der Waals surface area contributed by atoms with E-state index in [1.165, 1.54) is 22.4 Å². The lowest BCUT2D eigenvalue weighted by Crippen LogP contribution is -2.07. The van der Waals surface area contributed by atoms with Gasteiger partial charge < -0.3 is 5.32 Å². The lowest BCUT2D eigenvalue weighted by Gasteiger charge is -2.13. The Bertz CT molecular complexity index is 874. The quantitative estimate of drug-likeness (QED) is 0.804. The molecular formula is C18H21N5. The zero-order chi connectivity index (χ0) is 16.0. The number of nitrogens with one attached hydrogen (secondary N) is 1. The highest BCUT2D eigenvalue weighted by molar-refractivity contribution is 5.65. The van der Waals surface area contributed by atoms with Crippen LogP contribution in [-0.4, -0.2) is 19.6 Å². The summed E-state index contributed by atoms with van der Waals surface area (Å²) in [6.07, 6.45) is 4.04. The van der Waals surface area contributed by atoms with Crippen LogP contribution in [0.1, 0.15) is 41.6 Å². The summed E-state index contributed by atoms with van der Waals surface area (Å²) in [5.41, 5.74) is 6.05. The molecule has 118 valence electrons. The van der Waals surface area contributed by atoms with Crippen LogP contribution in [0.15, 0.2) is 18.2 Å². The van der Waals surface area contributed by atoms with E-state index < -0.39 is 0 Å². The van der Waals surface area contributed by atoms with Gasteiger partial charge in [0.2, 0.25) is 0 Å². The molecule has 0 bridgehead atoms. The molecule has 1 N–H and O–H groups in total. The van der Waals surface area contributed by atoms with Gasteiger partial charge in [-0.15, -0.1) is 5.10 Å². The first-order chi connectivity index (χ1) is 11.1. The molecule has 0 radical (unpaired) electrons. The highest BCUT2D eigenvalue weighted by Crippen LogP contribution is 2.30. The van der Waals surface area contributed by atoms with Crippen molar-refractivity contribution in [3.63, 3.8) is 0 Å². The lowest BCUT2D eigenvalue weighted by atomic mass is 10.1. The van der Waals surface area contributed by atoms with Gasteiger partial charge in [-0.05, 0) is 56.4 Å². The molecular weight excluding hydrogens is 286 g/mol. The van der Waals surface area contributed by atoms with Gasteiger partial charge in [0.05, 0.1) is 5.69 Å². The van der Waals surface area contributed by atoms with E-state index in [9.17, 15) is 0 Å². The Kier molecular flexibility index (Phi) is 3.29. The van der Waals surface area contributed by atoms with Crippen LogP contribution < -0.4 is 5.32 Å². The van der Waals surface area contributed by atoms with Crippen LogP contribution in [0.2, 0.25) is 0 Å². The van der Waals surface area contributed by atoms with Crippen molar-refractivity contribution in [1.82, 2.24) is 19.6 Å². The number of aromatic nitrogens is 4. The van der Waals surface area contributed by atoms with Crippen molar-refractivity contribution in [2.75, 3.05) is 5.32 Å². The molecule has 3 aromatic rings. The maximum atomic E-state index is 4.71. The topological polar surface area (TPSA) is 55.1 Å². The summed E-state index contributed by atoms with van der Waals surface area (Å²) in [6.45, 7) is 6.31. The smallest absolute Gasteiger partial charge is 0.254 e. The standard InChI is InChI=1S/C18H21N5/c1-4-16-21-18-20-15-7-5-6-14(15)17(23(18)22-16)19-13-9-11(2)8-12(3)10-13/h8-10,19H,4-7H2,1-3H3. The number of hydrogen-bond acceptors (Lipinski definition) is 4. The summed E-state index contributed by atoms with van der Waals surface area (Å²) < 4.78 is 1.88. The Morgan fingerprint density at radius 1 is 1.09 bits per heavy atom. The molecule has 0 amide bonds. The molecule has 0 atom stereocenters. The Hall–Kier alpha value is -2.43. The maximum absolute atomic E-state index is 4.71. The van der Waals surface area contributed by atoms with Crippen molar-refractivity contribution in [2.45, 2.75) is 46.5 Å². The van der Waals surface area contributed by atoms with Crippen LogP contribution in [0.5, 0.6) is 0 Å². The summed E-state index contributed by atoms with van der Waals surface area (Å²) in [6, 6.07) is 6.51. The first kappa shape index (κ1) is 14.2. The van der Waals surface area contributed by atoms with E-state index in [-0.39, 0.29) is 0 Å². The number of benzene rings is 1. The molecule has 1 aliphatic rings. The second-order valence-corrected chi connectivity index (χ2v) is 6.33. The zero-order valence-electron chi connectivity index (χ0n) is 13.8. The summed E-state index contributed by atoms with van der Waals surface area (Å²) >= 11 is 0. The van der Waals surface area contributed by atoms with Crippen LogP contribution >= 0.6 is 0 Å². The predicted octanol–water partition coefficient (Wildman–Crippen LogP) is 3.54. The van der Waals surface area contributed by atoms with Gasteiger partial charge in [-0.3, -0.25) is 0 Å². The summed E-state index contributed by atoms with van der Waals surface area (Å²) in [5, 5.41) is 8.22. The van der Waals surface area contributed by atoms with Gasteiger partial charge in [0.15, 0.2) is 5.82 Å². The highest BCUT2D eigenvalue weighted by atomic mass is 15.4. The van der Waals surface area contributed by atoms with Gasteiger partial charge in [0, 0.05) is 17.7 Å². The van der Waals surface area contributed by atoms with E-state index >= 15 is 0 Å². The van der Waals surface area contributed by atoms with Crippen LogP contribution in [0.4, 0.5) is 11.5 Å². The molecule has 0 aliphatic heterocycles. The van der Waals surface area contributed by atoms with E-state index in [0.717, 1.165) is 43.0 Å². The monoisotopic (exact) mass is 307 g/mol. The fourth-order valence-electron chi connectivity index (χ4n) is 3.38. The van der Waals surface area contributed by atoms with Gasteiger partial charge >= 0.3 is 0 Å². The Labute approximate surface area is 135 Å². The maximum Gasteiger partial charge on any atom is 0.254 e. The highest BCUT2D eigenvalue weighted by Gasteiger charge is 2.22. The lowest BCUT2D eigenvalue weighted by molar-refractivity contribution is 0.874. The number of aryl methyl sites for hydroxylation is 4. The number of nitrogens with zero attached hydrogens (tertiary/aromatic N) is 4. The summed E-state index contributed by atoms with van der Waals surface area (Å²) in [7, 11) is 0. The van der Waals surface area contributed by atoms with E-state index in [1.54, 1.807) is 0 Å². The third kappa shape index (κ3) is 2.46. The normalized spacial score (nSPS) is 13.5. The van der Waals surface area contributed by atoms with E-state index in [4.69, 9.17) is 4.98 Å². The van der Waals surface area contributed by atoms with Crippen molar-refractivity contribution in [1.29, 1.82) is 0 Å². The van der Waals surface area contributed by atoms with Gasteiger partial charge in [-0.25, -0.2) is 4.98 Å².